The molecule has 2 aromatic carbocycles. The molecule has 5 nitrogen and oxygen atoms in total. The standard InChI is InChI=1S/C21H25N3O2/c1-13(2)14(3)23-20(25)15-8-10-17(11-9-15)24-21(26)19-18-7-5-4-6-16(18)12-22-19/h4-11,13-14,19,22H,12H2,1-3H3,(H,23,25)(H,24,26)/t14-,19?/m0/s1. The SMILES string of the molecule is CC(C)[C@H](C)NC(=O)c1ccc(NC(=O)C2NCc3ccccc32)cc1. The second kappa shape index (κ2) is 7.70. The number of anilines is 1. The van der Waals surface area contributed by atoms with Gasteiger partial charge in [-0.05, 0) is 48.2 Å². The van der Waals surface area contributed by atoms with Crippen molar-refractivity contribution < 1.29 is 9.59 Å². The van der Waals surface area contributed by atoms with E-state index in [4.69, 9.17) is 0 Å². The summed E-state index contributed by atoms with van der Waals surface area (Å²) in [6.45, 7) is 6.82. The molecule has 5 heteroatoms. The minimum absolute atomic E-state index is 0.0967. The summed E-state index contributed by atoms with van der Waals surface area (Å²) in [5.74, 6) is 0.176. The summed E-state index contributed by atoms with van der Waals surface area (Å²) >= 11 is 0. The lowest BCUT2D eigenvalue weighted by atomic mass is 10.0. The van der Waals surface area contributed by atoms with Crippen molar-refractivity contribution in [3.63, 3.8) is 0 Å². The molecule has 2 aromatic rings. The average Bonchev–Trinajstić information content (AvgIpc) is 3.06. The highest BCUT2D eigenvalue weighted by Crippen LogP contribution is 2.26. The quantitative estimate of drug-likeness (QED) is 0.774. The number of fused-ring (bicyclic) bond motifs is 1. The maximum Gasteiger partial charge on any atom is 0.251 e. The van der Waals surface area contributed by atoms with E-state index in [0.29, 0.717) is 23.7 Å². The fourth-order valence-corrected chi connectivity index (χ4v) is 2.91. The molecule has 136 valence electrons. The summed E-state index contributed by atoms with van der Waals surface area (Å²) in [4.78, 5) is 24.8. The van der Waals surface area contributed by atoms with Crippen LogP contribution in [0, 0.1) is 5.92 Å². The van der Waals surface area contributed by atoms with Gasteiger partial charge in [-0.2, -0.15) is 0 Å². The predicted octanol–water partition coefficient (Wildman–Crippen LogP) is 3.24. The van der Waals surface area contributed by atoms with Crippen molar-refractivity contribution in [1.29, 1.82) is 0 Å². The van der Waals surface area contributed by atoms with Crippen molar-refractivity contribution in [3.8, 4) is 0 Å². The van der Waals surface area contributed by atoms with Crippen LogP contribution in [0.4, 0.5) is 5.69 Å². The third kappa shape index (κ3) is 3.94. The van der Waals surface area contributed by atoms with Crippen molar-refractivity contribution in [1.82, 2.24) is 10.6 Å². The number of nitrogens with one attached hydrogen (secondary N) is 3. The number of carbonyl (C=O) groups is 2. The zero-order valence-electron chi connectivity index (χ0n) is 15.4. The second-order valence-corrected chi connectivity index (χ2v) is 7.09. The van der Waals surface area contributed by atoms with Gasteiger partial charge in [-0.1, -0.05) is 38.1 Å². The number of amides is 2. The molecule has 0 fully saturated rings. The Kier molecular flexibility index (Phi) is 5.38. The molecule has 0 saturated heterocycles. The average molecular weight is 351 g/mol. The van der Waals surface area contributed by atoms with E-state index in [1.807, 2.05) is 31.2 Å². The van der Waals surface area contributed by atoms with Gasteiger partial charge in [0, 0.05) is 23.8 Å². The zero-order valence-corrected chi connectivity index (χ0v) is 15.4. The van der Waals surface area contributed by atoms with E-state index >= 15 is 0 Å². The normalized spacial score (nSPS) is 16.8. The van der Waals surface area contributed by atoms with Crippen molar-refractivity contribution in [2.45, 2.75) is 39.4 Å². The number of benzene rings is 2. The summed E-state index contributed by atoms with van der Waals surface area (Å²) in [6.07, 6.45) is 0. The number of hydrogen-bond donors (Lipinski definition) is 3. The van der Waals surface area contributed by atoms with Crippen LogP contribution in [0.5, 0.6) is 0 Å². The molecule has 0 bridgehead atoms. The first-order valence-corrected chi connectivity index (χ1v) is 8.98. The Labute approximate surface area is 154 Å². The Bertz CT molecular complexity index is 799. The van der Waals surface area contributed by atoms with E-state index in [1.54, 1.807) is 24.3 Å². The summed E-state index contributed by atoms with van der Waals surface area (Å²) in [5.41, 5.74) is 3.43. The van der Waals surface area contributed by atoms with Crippen LogP contribution in [0.2, 0.25) is 0 Å². The molecule has 0 aliphatic carbocycles. The van der Waals surface area contributed by atoms with Crippen LogP contribution < -0.4 is 16.0 Å². The van der Waals surface area contributed by atoms with Crippen LogP contribution in [0.15, 0.2) is 48.5 Å². The molecular formula is C21H25N3O2. The van der Waals surface area contributed by atoms with Crippen molar-refractivity contribution in [2.75, 3.05) is 5.32 Å². The van der Waals surface area contributed by atoms with Gasteiger partial charge in [0.1, 0.15) is 6.04 Å². The van der Waals surface area contributed by atoms with E-state index in [1.165, 1.54) is 0 Å². The maximum absolute atomic E-state index is 12.6. The number of rotatable bonds is 5. The Morgan fingerprint density at radius 3 is 2.42 bits per heavy atom. The van der Waals surface area contributed by atoms with Gasteiger partial charge in [-0.3, -0.25) is 14.9 Å². The molecule has 1 heterocycles. The molecule has 26 heavy (non-hydrogen) atoms. The van der Waals surface area contributed by atoms with E-state index in [-0.39, 0.29) is 23.9 Å². The van der Waals surface area contributed by atoms with Gasteiger partial charge in [0.15, 0.2) is 0 Å². The molecule has 3 rings (SSSR count). The summed E-state index contributed by atoms with van der Waals surface area (Å²) in [7, 11) is 0. The highest BCUT2D eigenvalue weighted by atomic mass is 16.2. The monoisotopic (exact) mass is 351 g/mol. The molecule has 1 aliphatic heterocycles. The van der Waals surface area contributed by atoms with Crippen LogP contribution in [0.3, 0.4) is 0 Å². The topological polar surface area (TPSA) is 70.2 Å². The van der Waals surface area contributed by atoms with Crippen molar-refractivity contribution in [3.05, 3.63) is 65.2 Å². The largest absolute Gasteiger partial charge is 0.349 e. The Morgan fingerprint density at radius 2 is 1.73 bits per heavy atom. The van der Waals surface area contributed by atoms with E-state index < -0.39 is 0 Å². The maximum atomic E-state index is 12.6. The predicted molar refractivity (Wildman–Crippen MR) is 103 cm³/mol. The molecule has 1 unspecified atom stereocenters. The molecule has 2 atom stereocenters. The van der Waals surface area contributed by atoms with E-state index in [2.05, 4.69) is 29.8 Å². The Balaban J connectivity index is 1.63. The smallest absolute Gasteiger partial charge is 0.251 e. The second-order valence-electron chi connectivity index (χ2n) is 7.09. The third-order valence-electron chi connectivity index (χ3n) is 4.90. The molecule has 0 spiro atoms. The molecule has 2 amide bonds. The molecule has 3 N–H and O–H groups in total. The Hall–Kier alpha value is -2.66. The molecular weight excluding hydrogens is 326 g/mol. The van der Waals surface area contributed by atoms with Crippen LogP contribution in [0.1, 0.15) is 48.3 Å². The van der Waals surface area contributed by atoms with Crippen molar-refractivity contribution in [2.24, 2.45) is 5.92 Å². The van der Waals surface area contributed by atoms with Crippen LogP contribution >= 0.6 is 0 Å². The van der Waals surface area contributed by atoms with E-state index in [0.717, 1.165) is 11.1 Å². The Morgan fingerprint density at radius 1 is 1.04 bits per heavy atom. The summed E-state index contributed by atoms with van der Waals surface area (Å²) in [6, 6.07) is 14.7. The van der Waals surface area contributed by atoms with Gasteiger partial charge in [-0.15, -0.1) is 0 Å². The van der Waals surface area contributed by atoms with Crippen LogP contribution in [-0.2, 0) is 11.3 Å². The van der Waals surface area contributed by atoms with Gasteiger partial charge in [0.2, 0.25) is 5.91 Å². The lowest BCUT2D eigenvalue weighted by Crippen LogP contribution is -2.36. The lowest BCUT2D eigenvalue weighted by Gasteiger charge is -2.17. The first kappa shape index (κ1) is 18.1. The fourth-order valence-electron chi connectivity index (χ4n) is 2.91. The minimum atomic E-state index is -0.346. The third-order valence-corrected chi connectivity index (χ3v) is 4.90. The highest BCUT2D eigenvalue weighted by molar-refractivity contribution is 5.98. The van der Waals surface area contributed by atoms with Gasteiger partial charge in [0.25, 0.3) is 5.91 Å². The van der Waals surface area contributed by atoms with Crippen LogP contribution in [0.25, 0.3) is 0 Å². The fraction of sp³-hybridized carbons (Fsp3) is 0.333. The van der Waals surface area contributed by atoms with Crippen molar-refractivity contribution >= 4 is 17.5 Å². The highest BCUT2D eigenvalue weighted by Gasteiger charge is 2.27. The summed E-state index contributed by atoms with van der Waals surface area (Å²) < 4.78 is 0. The molecule has 0 radical (unpaired) electrons. The van der Waals surface area contributed by atoms with Crippen LogP contribution in [-0.4, -0.2) is 17.9 Å². The zero-order chi connectivity index (χ0) is 18.7. The first-order valence-electron chi connectivity index (χ1n) is 8.98. The summed E-state index contributed by atoms with van der Waals surface area (Å²) in [5, 5.41) is 9.12. The molecule has 0 aromatic heterocycles. The first-order chi connectivity index (χ1) is 12.5. The van der Waals surface area contributed by atoms with Gasteiger partial charge >= 0.3 is 0 Å². The number of carbonyl (C=O) groups excluding carboxylic acids is 2. The lowest BCUT2D eigenvalue weighted by molar-refractivity contribution is -0.118. The number of hydrogen-bond acceptors (Lipinski definition) is 3. The molecule has 0 saturated carbocycles. The van der Waals surface area contributed by atoms with Gasteiger partial charge in [0.05, 0.1) is 0 Å². The minimum Gasteiger partial charge on any atom is -0.349 e. The molecule has 1 aliphatic rings. The van der Waals surface area contributed by atoms with Gasteiger partial charge < -0.3 is 10.6 Å². The van der Waals surface area contributed by atoms with E-state index in [9.17, 15) is 9.59 Å². The van der Waals surface area contributed by atoms with Gasteiger partial charge in [-0.25, -0.2) is 0 Å².